The SMILES string of the molecule is CCN(c1ccccc1C)c1c(F)cccc1C(C)N. The minimum atomic E-state index is -0.232. The molecule has 1 unspecified atom stereocenters. The minimum absolute atomic E-state index is 0.209. The van der Waals surface area contributed by atoms with Crippen LogP contribution in [0.25, 0.3) is 0 Å². The van der Waals surface area contributed by atoms with E-state index in [4.69, 9.17) is 5.73 Å². The minimum Gasteiger partial charge on any atom is -0.339 e. The number of hydrogen-bond donors (Lipinski definition) is 1. The van der Waals surface area contributed by atoms with Crippen LogP contribution < -0.4 is 10.6 Å². The number of benzene rings is 2. The Bertz CT molecular complexity index is 593. The molecule has 0 spiro atoms. The third-order valence-electron chi connectivity index (χ3n) is 3.50. The van der Waals surface area contributed by atoms with Gasteiger partial charge in [0.15, 0.2) is 0 Å². The molecule has 2 nitrogen and oxygen atoms in total. The molecule has 1 atom stereocenters. The molecule has 0 radical (unpaired) electrons. The molecule has 3 heteroatoms. The summed E-state index contributed by atoms with van der Waals surface area (Å²) in [5.41, 5.74) is 9.54. The van der Waals surface area contributed by atoms with E-state index in [1.165, 1.54) is 6.07 Å². The zero-order chi connectivity index (χ0) is 14.7. The zero-order valence-corrected chi connectivity index (χ0v) is 12.2. The van der Waals surface area contributed by atoms with Crippen molar-refractivity contribution in [3.05, 3.63) is 59.4 Å². The molecule has 0 bridgehead atoms. The number of aryl methyl sites for hydroxylation is 1. The molecule has 0 aliphatic rings. The van der Waals surface area contributed by atoms with Crippen molar-refractivity contribution in [3.8, 4) is 0 Å². The lowest BCUT2D eigenvalue weighted by Crippen LogP contribution is -2.22. The highest BCUT2D eigenvalue weighted by Gasteiger charge is 2.19. The van der Waals surface area contributed by atoms with Crippen molar-refractivity contribution in [2.75, 3.05) is 11.4 Å². The highest BCUT2D eigenvalue weighted by atomic mass is 19.1. The van der Waals surface area contributed by atoms with Gasteiger partial charge in [-0.25, -0.2) is 4.39 Å². The predicted octanol–water partition coefficient (Wildman–Crippen LogP) is 4.31. The van der Waals surface area contributed by atoms with E-state index in [9.17, 15) is 4.39 Å². The lowest BCUT2D eigenvalue weighted by Gasteiger charge is -2.28. The van der Waals surface area contributed by atoms with Crippen molar-refractivity contribution < 1.29 is 4.39 Å². The summed E-state index contributed by atoms with van der Waals surface area (Å²) in [4.78, 5) is 1.99. The Kier molecular flexibility index (Phi) is 4.40. The molecular formula is C17H21FN2. The van der Waals surface area contributed by atoms with E-state index in [1.54, 1.807) is 6.07 Å². The van der Waals surface area contributed by atoms with Crippen LogP contribution in [0.2, 0.25) is 0 Å². The predicted molar refractivity (Wildman–Crippen MR) is 82.9 cm³/mol. The molecule has 0 aliphatic heterocycles. The van der Waals surface area contributed by atoms with E-state index in [1.807, 2.05) is 56.0 Å². The first kappa shape index (κ1) is 14.5. The van der Waals surface area contributed by atoms with Gasteiger partial charge in [-0.15, -0.1) is 0 Å². The smallest absolute Gasteiger partial charge is 0.147 e. The molecule has 0 aliphatic carbocycles. The number of rotatable bonds is 4. The van der Waals surface area contributed by atoms with E-state index in [0.717, 1.165) is 16.8 Å². The second-order valence-electron chi connectivity index (χ2n) is 5.00. The maximum atomic E-state index is 14.4. The lowest BCUT2D eigenvalue weighted by atomic mass is 10.0. The topological polar surface area (TPSA) is 29.3 Å². The van der Waals surface area contributed by atoms with Gasteiger partial charge in [0, 0.05) is 18.3 Å². The Morgan fingerprint density at radius 3 is 2.45 bits per heavy atom. The van der Waals surface area contributed by atoms with Gasteiger partial charge in [-0.05, 0) is 44.0 Å². The Morgan fingerprint density at radius 1 is 1.15 bits per heavy atom. The molecule has 106 valence electrons. The van der Waals surface area contributed by atoms with Crippen molar-refractivity contribution in [3.63, 3.8) is 0 Å². The van der Waals surface area contributed by atoms with Crippen molar-refractivity contribution in [1.82, 2.24) is 0 Å². The van der Waals surface area contributed by atoms with Gasteiger partial charge >= 0.3 is 0 Å². The molecule has 2 aromatic carbocycles. The van der Waals surface area contributed by atoms with Crippen LogP contribution in [0.3, 0.4) is 0 Å². The van der Waals surface area contributed by atoms with E-state index in [-0.39, 0.29) is 11.9 Å². The van der Waals surface area contributed by atoms with Crippen molar-refractivity contribution in [1.29, 1.82) is 0 Å². The second kappa shape index (κ2) is 6.06. The maximum absolute atomic E-state index is 14.4. The molecule has 0 fully saturated rings. The van der Waals surface area contributed by atoms with E-state index in [0.29, 0.717) is 12.2 Å². The Morgan fingerprint density at radius 2 is 1.85 bits per heavy atom. The first-order valence-electron chi connectivity index (χ1n) is 6.93. The second-order valence-corrected chi connectivity index (χ2v) is 5.00. The molecule has 2 N–H and O–H groups in total. The van der Waals surface area contributed by atoms with Gasteiger partial charge in [-0.1, -0.05) is 30.3 Å². The molecule has 0 aromatic heterocycles. The van der Waals surface area contributed by atoms with Gasteiger partial charge in [0.05, 0.1) is 5.69 Å². The fourth-order valence-corrected chi connectivity index (χ4v) is 2.50. The molecule has 0 amide bonds. The summed E-state index contributed by atoms with van der Waals surface area (Å²) in [5.74, 6) is -0.232. The van der Waals surface area contributed by atoms with Crippen molar-refractivity contribution >= 4 is 11.4 Å². The highest BCUT2D eigenvalue weighted by molar-refractivity contribution is 5.69. The van der Waals surface area contributed by atoms with E-state index < -0.39 is 0 Å². The number of halogens is 1. The molecule has 0 saturated carbocycles. The van der Waals surface area contributed by atoms with Crippen LogP contribution in [-0.4, -0.2) is 6.54 Å². The summed E-state index contributed by atoms with van der Waals surface area (Å²) >= 11 is 0. The van der Waals surface area contributed by atoms with Gasteiger partial charge in [0.25, 0.3) is 0 Å². The van der Waals surface area contributed by atoms with E-state index in [2.05, 4.69) is 0 Å². The number of hydrogen-bond acceptors (Lipinski definition) is 2. The van der Waals surface area contributed by atoms with Gasteiger partial charge in [0.2, 0.25) is 0 Å². The largest absolute Gasteiger partial charge is 0.339 e. The maximum Gasteiger partial charge on any atom is 0.147 e. The third kappa shape index (κ3) is 2.68. The van der Waals surface area contributed by atoms with Crippen LogP contribution in [-0.2, 0) is 0 Å². The van der Waals surface area contributed by atoms with Gasteiger partial charge in [0.1, 0.15) is 5.82 Å². The van der Waals surface area contributed by atoms with Gasteiger partial charge in [-0.2, -0.15) is 0 Å². The fraction of sp³-hybridized carbons (Fsp3) is 0.294. The third-order valence-corrected chi connectivity index (χ3v) is 3.50. The normalized spacial score (nSPS) is 12.2. The Balaban J connectivity index is 2.61. The molecule has 2 aromatic rings. The quantitative estimate of drug-likeness (QED) is 0.898. The standard InChI is InChI=1S/C17H21FN2/c1-4-20(16-11-6-5-8-12(16)2)17-14(13(3)19)9-7-10-15(17)18/h5-11,13H,4,19H2,1-3H3. The Labute approximate surface area is 120 Å². The lowest BCUT2D eigenvalue weighted by molar-refractivity contribution is 0.620. The molecular weight excluding hydrogens is 251 g/mol. The summed E-state index contributed by atoms with van der Waals surface area (Å²) in [6.07, 6.45) is 0. The van der Waals surface area contributed by atoms with Crippen molar-refractivity contribution in [2.24, 2.45) is 5.73 Å². The molecule has 20 heavy (non-hydrogen) atoms. The zero-order valence-electron chi connectivity index (χ0n) is 12.2. The van der Waals surface area contributed by atoms with E-state index >= 15 is 0 Å². The first-order valence-corrected chi connectivity index (χ1v) is 6.93. The summed E-state index contributed by atoms with van der Waals surface area (Å²) in [7, 11) is 0. The van der Waals surface area contributed by atoms with Crippen LogP contribution in [0.15, 0.2) is 42.5 Å². The summed E-state index contributed by atoms with van der Waals surface area (Å²) in [6.45, 7) is 6.61. The number of nitrogens with two attached hydrogens (primary N) is 1. The summed E-state index contributed by atoms with van der Waals surface area (Å²) < 4.78 is 14.4. The van der Waals surface area contributed by atoms with Crippen LogP contribution in [0.4, 0.5) is 15.8 Å². The molecule has 0 heterocycles. The number of anilines is 2. The highest BCUT2D eigenvalue weighted by Crippen LogP contribution is 2.35. The van der Waals surface area contributed by atoms with Gasteiger partial charge < -0.3 is 10.6 Å². The average molecular weight is 272 g/mol. The monoisotopic (exact) mass is 272 g/mol. The van der Waals surface area contributed by atoms with Gasteiger partial charge in [-0.3, -0.25) is 0 Å². The van der Waals surface area contributed by atoms with Crippen LogP contribution >= 0.6 is 0 Å². The average Bonchev–Trinajstić information content (AvgIpc) is 2.43. The van der Waals surface area contributed by atoms with Crippen LogP contribution in [0.1, 0.15) is 31.0 Å². The Hall–Kier alpha value is -1.87. The summed E-state index contributed by atoms with van der Waals surface area (Å²) in [6, 6.07) is 12.9. The number of para-hydroxylation sites is 2. The fourth-order valence-electron chi connectivity index (χ4n) is 2.50. The summed E-state index contributed by atoms with van der Waals surface area (Å²) in [5, 5.41) is 0. The molecule has 2 rings (SSSR count). The van der Waals surface area contributed by atoms with Crippen molar-refractivity contribution in [2.45, 2.75) is 26.8 Å². The van der Waals surface area contributed by atoms with Crippen LogP contribution in [0.5, 0.6) is 0 Å². The number of nitrogens with zero attached hydrogens (tertiary/aromatic N) is 1. The molecule has 0 saturated heterocycles. The van der Waals surface area contributed by atoms with Crippen LogP contribution in [0, 0.1) is 12.7 Å². The first-order chi connectivity index (χ1) is 9.56.